The fourth-order valence-corrected chi connectivity index (χ4v) is 3.38. The molecule has 2 heterocycles. The number of hydrogen-bond acceptors (Lipinski definition) is 6. The molecule has 23 heavy (non-hydrogen) atoms. The van der Waals surface area contributed by atoms with E-state index in [0.29, 0.717) is 28.9 Å². The predicted molar refractivity (Wildman–Crippen MR) is 89.4 cm³/mol. The number of hydrogen-bond donors (Lipinski definition) is 0. The number of benzene rings is 1. The van der Waals surface area contributed by atoms with Gasteiger partial charge in [-0.25, -0.2) is 9.78 Å². The first-order valence-corrected chi connectivity index (χ1v) is 8.09. The Morgan fingerprint density at radius 3 is 2.61 bits per heavy atom. The Balaban J connectivity index is 2.12. The Labute approximate surface area is 137 Å². The van der Waals surface area contributed by atoms with Crippen molar-refractivity contribution in [1.29, 1.82) is 0 Å². The quantitative estimate of drug-likeness (QED) is 0.669. The standard InChI is InChI=1S/C17H16N2O3S/c1-4-21-17(20)14-10(2)13-15(18-11(3)19-16(13)23-14)22-12-8-6-5-7-9-12/h5-9H,4H2,1-3H3. The lowest BCUT2D eigenvalue weighted by atomic mass is 10.2. The van der Waals surface area contributed by atoms with Gasteiger partial charge < -0.3 is 9.47 Å². The van der Waals surface area contributed by atoms with Gasteiger partial charge in [-0.05, 0) is 38.5 Å². The Morgan fingerprint density at radius 1 is 1.17 bits per heavy atom. The average molecular weight is 328 g/mol. The third kappa shape index (κ3) is 3.03. The average Bonchev–Trinajstić information content (AvgIpc) is 2.85. The molecule has 2 aromatic heterocycles. The summed E-state index contributed by atoms with van der Waals surface area (Å²) in [6.45, 7) is 5.79. The van der Waals surface area contributed by atoms with Crippen molar-refractivity contribution in [3.05, 3.63) is 46.6 Å². The van der Waals surface area contributed by atoms with Crippen molar-refractivity contribution in [2.24, 2.45) is 0 Å². The van der Waals surface area contributed by atoms with E-state index >= 15 is 0 Å². The van der Waals surface area contributed by atoms with Crippen molar-refractivity contribution in [2.75, 3.05) is 6.61 Å². The lowest BCUT2D eigenvalue weighted by molar-refractivity contribution is 0.0531. The maximum atomic E-state index is 12.1. The van der Waals surface area contributed by atoms with Gasteiger partial charge in [0, 0.05) is 0 Å². The normalized spacial score (nSPS) is 10.7. The summed E-state index contributed by atoms with van der Waals surface area (Å²) in [5.41, 5.74) is 0.786. The Kier molecular flexibility index (Phi) is 4.25. The van der Waals surface area contributed by atoms with Gasteiger partial charge in [-0.2, -0.15) is 4.98 Å². The van der Waals surface area contributed by atoms with Crippen LogP contribution in [0.1, 0.15) is 28.0 Å². The molecule has 0 fully saturated rings. The molecule has 0 atom stereocenters. The Bertz CT molecular complexity index is 859. The number of ether oxygens (including phenoxy) is 2. The lowest BCUT2D eigenvalue weighted by Gasteiger charge is -2.07. The van der Waals surface area contributed by atoms with Gasteiger partial charge in [-0.15, -0.1) is 11.3 Å². The van der Waals surface area contributed by atoms with E-state index in [1.54, 1.807) is 13.8 Å². The van der Waals surface area contributed by atoms with Crippen LogP contribution in [0.5, 0.6) is 11.6 Å². The molecule has 0 unspecified atom stereocenters. The smallest absolute Gasteiger partial charge is 0.348 e. The van der Waals surface area contributed by atoms with Crippen LogP contribution in [0.4, 0.5) is 0 Å². The van der Waals surface area contributed by atoms with Gasteiger partial charge in [0.2, 0.25) is 5.88 Å². The summed E-state index contributed by atoms with van der Waals surface area (Å²) in [7, 11) is 0. The van der Waals surface area contributed by atoms with Crippen LogP contribution in [0.15, 0.2) is 30.3 Å². The highest BCUT2D eigenvalue weighted by Gasteiger charge is 2.21. The number of aromatic nitrogens is 2. The Hall–Kier alpha value is -2.47. The van der Waals surface area contributed by atoms with E-state index in [-0.39, 0.29) is 5.97 Å². The summed E-state index contributed by atoms with van der Waals surface area (Å²) in [4.78, 5) is 22.2. The minimum atomic E-state index is -0.337. The van der Waals surface area contributed by atoms with Gasteiger partial charge in [0.15, 0.2) is 0 Å². The molecule has 118 valence electrons. The Morgan fingerprint density at radius 2 is 1.91 bits per heavy atom. The number of nitrogens with zero attached hydrogens (tertiary/aromatic N) is 2. The molecule has 0 saturated carbocycles. The molecule has 5 nitrogen and oxygen atoms in total. The number of carbonyl (C=O) groups is 1. The van der Waals surface area contributed by atoms with Gasteiger partial charge in [0.05, 0.1) is 12.0 Å². The molecular formula is C17H16N2O3S. The summed E-state index contributed by atoms with van der Waals surface area (Å²) in [5, 5.41) is 0.757. The van der Waals surface area contributed by atoms with Crippen molar-refractivity contribution >= 4 is 27.5 Å². The predicted octanol–water partition coefficient (Wildman–Crippen LogP) is 4.28. The maximum absolute atomic E-state index is 12.1. The zero-order valence-electron chi connectivity index (χ0n) is 13.1. The molecule has 6 heteroatoms. The number of para-hydroxylation sites is 1. The lowest BCUT2D eigenvalue weighted by Crippen LogP contribution is -2.03. The minimum absolute atomic E-state index is 0.337. The molecule has 0 spiro atoms. The highest BCUT2D eigenvalue weighted by molar-refractivity contribution is 7.20. The van der Waals surface area contributed by atoms with Crippen LogP contribution in [-0.4, -0.2) is 22.5 Å². The summed E-state index contributed by atoms with van der Waals surface area (Å²) in [6, 6.07) is 9.42. The first-order chi connectivity index (χ1) is 11.1. The molecule has 0 amide bonds. The van der Waals surface area contributed by atoms with E-state index in [2.05, 4.69) is 9.97 Å². The number of thiophene rings is 1. The molecule has 0 saturated heterocycles. The van der Waals surface area contributed by atoms with Crippen molar-refractivity contribution < 1.29 is 14.3 Å². The zero-order chi connectivity index (χ0) is 16.4. The van der Waals surface area contributed by atoms with Crippen molar-refractivity contribution in [3.63, 3.8) is 0 Å². The van der Waals surface area contributed by atoms with Gasteiger partial charge in [-0.1, -0.05) is 18.2 Å². The van der Waals surface area contributed by atoms with E-state index < -0.39 is 0 Å². The maximum Gasteiger partial charge on any atom is 0.348 e. The number of carbonyl (C=O) groups excluding carboxylic acids is 1. The van der Waals surface area contributed by atoms with E-state index in [0.717, 1.165) is 15.8 Å². The summed E-state index contributed by atoms with van der Waals surface area (Å²) in [6.07, 6.45) is 0. The van der Waals surface area contributed by atoms with Gasteiger partial charge in [-0.3, -0.25) is 0 Å². The summed E-state index contributed by atoms with van der Waals surface area (Å²) in [5.74, 6) is 1.41. The molecular weight excluding hydrogens is 312 g/mol. The first kappa shape index (κ1) is 15.4. The van der Waals surface area contributed by atoms with E-state index in [1.807, 2.05) is 37.3 Å². The number of fused-ring (bicyclic) bond motifs is 1. The topological polar surface area (TPSA) is 61.3 Å². The van der Waals surface area contributed by atoms with Gasteiger partial charge >= 0.3 is 5.97 Å². The van der Waals surface area contributed by atoms with E-state index in [4.69, 9.17) is 9.47 Å². The van der Waals surface area contributed by atoms with Crippen LogP contribution >= 0.6 is 11.3 Å². The van der Waals surface area contributed by atoms with Crippen LogP contribution in [-0.2, 0) is 4.74 Å². The second-order valence-electron chi connectivity index (χ2n) is 4.95. The van der Waals surface area contributed by atoms with Crippen LogP contribution < -0.4 is 4.74 Å². The monoisotopic (exact) mass is 328 g/mol. The molecule has 0 aliphatic carbocycles. The highest BCUT2D eigenvalue weighted by Crippen LogP contribution is 2.37. The third-order valence-corrected chi connectivity index (χ3v) is 4.45. The van der Waals surface area contributed by atoms with Crippen molar-refractivity contribution in [2.45, 2.75) is 20.8 Å². The van der Waals surface area contributed by atoms with Crippen LogP contribution in [0.25, 0.3) is 10.2 Å². The molecule has 3 rings (SSSR count). The van der Waals surface area contributed by atoms with E-state index in [1.165, 1.54) is 11.3 Å². The SMILES string of the molecule is CCOC(=O)c1sc2nc(C)nc(Oc3ccccc3)c2c1C. The van der Waals surface area contributed by atoms with Crippen LogP contribution in [0, 0.1) is 13.8 Å². The molecule has 3 aromatic rings. The number of esters is 1. The second kappa shape index (κ2) is 6.34. The minimum Gasteiger partial charge on any atom is -0.462 e. The zero-order valence-corrected chi connectivity index (χ0v) is 13.9. The molecule has 0 bridgehead atoms. The molecule has 0 aliphatic heterocycles. The number of aryl methyl sites for hydroxylation is 2. The van der Waals surface area contributed by atoms with Crippen molar-refractivity contribution in [3.8, 4) is 11.6 Å². The highest BCUT2D eigenvalue weighted by atomic mass is 32.1. The van der Waals surface area contributed by atoms with Gasteiger partial charge in [0.25, 0.3) is 0 Å². The fourth-order valence-electron chi connectivity index (χ4n) is 2.27. The molecule has 0 aliphatic rings. The largest absolute Gasteiger partial charge is 0.462 e. The first-order valence-electron chi connectivity index (χ1n) is 7.28. The van der Waals surface area contributed by atoms with Crippen LogP contribution in [0.3, 0.4) is 0 Å². The molecule has 0 radical (unpaired) electrons. The van der Waals surface area contributed by atoms with E-state index in [9.17, 15) is 4.79 Å². The van der Waals surface area contributed by atoms with Crippen molar-refractivity contribution in [1.82, 2.24) is 9.97 Å². The second-order valence-corrected chi connectivity index (χ2v) is 5.95. The molecule has 1 aromatic carbocycles. The van der Waals surface area contributed by atoms with Crippen LogP contribution in [0.2, 0.25) is 0 Å². The summed E-state index contributed by atoms with van der Waals surface area (Å²) < 4.78 is 11.0. The summed E-state index contributed by atoms with van der Waals surface area (Å²) >= 11 is 1.31. The fraction of sp³-hybridized carbons (Fsp3) is 0.235. The molecule has 0 N–H and O–H groups in total. The number of rotatable bonds is 4. The third-order valence-electron chi connectivity index (χ3n) is 3.29. The van der Waals surface area contributed by atoms with Gasteiger partial charge in [0.1, 0.15) is 21.3 Å².